The Hall–Kier alpha value is -0.830. The number of nitrogens with one attached hydrogen (secondary N) is 1. The Kier molecular flexibility index (Phi) is 0.873. The molecule has 1 aromatic heterocycles. The molecular weight excluding hydrogens is 134 g/mol. The van der Waals surface area contributed by atoms with E-state index in [0.717, 1.165) is 11.3 Å². The lowest BCUT2D eigenvalue weighted by molar-refractivity contribution is 0.101. The molecule has 0 atom stereocenters. The van der Waals surface area contributed by atoms with Crippen molar-refractivity contribution in [1.82, 2.24) is 0 Å². The number of ketones is 1. The molecule has 46 valence electrons. The summed E-state index contributed by atoms with van der Waals surface area (Å²) in [5.41, 5.74) is 1.87. The zero-order valence-electron chi connectivity index (χ0n) is 4.68. The Morgan fingerprint density at radius 3 is 3.22 bits per heavy atom. The van der Waals surface area contributed by atoms with Crippen LogP contribution in [0.2, 0.25) is 0 Å². The maximum absolute atomic E-state index is 10.9. The van der Waals surface area contributed by atoms with Gasteiger partial charge in [-0.05, 0) is 0 Å². The van der Waals surface area contributed by atoms with Gasteiger partial charge in [0.2, 0.25) is 0 Å². The average Bonchev–Trinajstić information content (AvgIpc) is 2.35. The predicted octanol–water partition coefficient (Wildman–Crippen LogP) is 1.36. The van der Waals surface area contributed by atoms with Gasteiger partial charge in [-0.1, -0.05) is 0 Å². The topological polar surface area (TPSA) is 29.1 Å². The van der Waals surface area contributed by atoms with Crippen molar-refractivity contribution in [2.24, 2.45) is 0 Å². The van der Waals surface area contributed by atoms with Crippen LogP contribution in [-0.4, -0.2) is 12.3 Å². The molecule has 0 saturated heterocycles. The average molecular weight is 139 g/mol. The van der Waals surface area contributed by atoms with Gasteiger partial charge in [0.15, 0.2) is 5.78 Å². The first kappa shape index (κ1) is 4.99. The third kappa shape index (κ3) is 0.580. The lowest BCUT2D eigenvalue weighted by atomic mass is 10.2. The quantitative estimate of drug-likeness (QED) is 0.588. The van der Waals surface area contributed by atoms with E-state index >= 15 is 0 Å². The van der Waals surface area contributed by atoms with Crippen LogP contribution in [0.15, 0.2) is 10.8 Å². The van der Waals surface area contributed by atoms with Crippen molar-refractivity contribution in [2.45, 2.75) is 0 Å². The number of carbonyl (C=O) groups is 1. The Morgan fingerprint density at radius 2 is 2.44 bits per heavy atom. The second-order valence-electron chi connectivity index (χ2n) is 1.98. The van der Waals surface area contributed by atoms with Crippen LogP contribution in [0.3, 0.4) is 0 Å². The lowest BCUT2D eigenvalue weighted by Gasteiger charge is -1.84. The Balaban J connectivity index is 2.61. The SMILES string of the molecule is O=C1CNc2cscc21. The third-order valence-corrected chi connectivity index (χ3v) is 2.15. The Bertz CT molecular complexity index is 253. The summed E-state index contributed by atoms with van der Waals surface area (Å²) in [6.45, 7) is 0.484. The van der Waals surface area contributed by atoms with Crippen LogP contribution in [0.4, 0.5) is 5.69 Å². The molecule has 0 saturated carbocycles. The second-order valence-corrected chi connectivity index (χ2v) is 2.72. The minimum absolute atomic E-state index is 0.214. The van der Waals surface area contributed by atoms with Crippen LogP contribution in [0.25, 0.3) is 0 Å². The van der Waals surface area contributed by atoms with Gasteiger partial charge in [-0.15, -0.1) is 11.3 Å². The van der Waals surface area contributed by atoms with E-state index in [1.54, 1.807) is 11.3 Å². The Morgan fingerprint density at radius 1 is 1.56 bits per heavy atom. The molecule has 2 nitrogen and oxygen atoms in total. The van der Waals surface area contributed by atoms with Gasteiger partial charge in [0, 0.05) is 10.8 Å². The van der Waals surface area contributed by atoms with Crippen LogP contribution < -0.4 is 5.32 Å². The molecule has 2 rings (SSSR count). The highest BCUT2D eigenvalue weighted by atomic mass is 32.1. The molecule has 0 unspecified atom stereocenters. The number of rotatable bonds is 0. The van der Waals surface area contributed by atoms with Gasteiger partial charge in [-0.25, -0.2) is 0 Å². The van der Waals surface area contributed by atoms with Crippen molar-refractivity contribution in [3.05, 3.63) is 16.3 Å². The molecule has 0 amide bonds. The first-order valence-electron chi connectivity index (χ1n) is 2.71. The summed E-state index contributed by atoms with van der Waals surface area (Å²) in [5, 5.41) is 6.84. The summed E-state index contributed by atoms with van der Waals surface area (Å²) in [6.07, 6.45) is 0. The predicted molar refractivity (Wildman–Crippen MR) is 37.1 cm³/mol. The minimum Gasteiger partial charge on any atom is -0.376 e. The fraction of sp³-hybridized carbons (Fsp3) is 0.167. The molecule has 2 heterocycles. The van der Waals surface area contributed by atoms with E-state index < -0.39 is 0 Å². The van der Waals surface area contributed by atoms with E-state index in [4.69, 9.17) is 0 Å². The van der Waals surface area contributed by atoms with Crippen molar-refractivity contribution in [3.8, 4) is 0 Å². The van der Waals surface area contributed by atoms with Gasteiger partial charge < -0.3 is 5.32 Å². The highest BCUT2D eigenvalue weighted by Gasteiger charge is 2.18. The molecule has 1 aliphatic rings. The van der Waals surface area contributed by atoms with Gasteiger partial charge >= 0.3 is 0 Å². The standard InChI is InChI=1S/C6H5NOS/c8-6-1-7-5-3-9-2-4(5)6/h2-3,7H,1H2. The van der Waals surface area contributed by atoms with E-state index in [9.17, 15) is 4.79 Å². The minimum atomic E-state index is 0.214. The number of thiophene rings is 1. The van der Waals surface area contributed by atoms with Crippen LogP contribution in [0, 0.1) is 0 Å². The van der Waals surface area contributed by atoms with Gasteiger partial charge in [0.1, 0.15) is 0 Å². The molecule has 1 aromatic rings. The van der Waals surface area contributed by atoms with Crippen molar-refractivity contribution in [1.29, 1.82) is 0 Å². The molecule has 0 aliphatic carbocycles. The summed E-state index contributed by atoms with van der Waals surface area (Å²) in [4.78, 5) is 10.9. The van der Waals surface area contributed by atoms with Crippen LogP contribution in [-0.2, 0) is 0 Å². The van der Waals surface area contributed by atoms with Crippen molar-refractivity contribution >= 4 is 22.8 Å². The van der Waals surface area contributed by atoms with Crippen LogP contribution in [0.1, 0.15) is 10.4 Å². The van der Waals surface area contributed by atoms with Gasteiger partial charge in [-0.2, -0.15) is 0 Å². The normalized spacial score (nSPS) is 15.3. The molecule has 0 bridgehead atoms. The number of hydrogen-bond donors (Lipinski definition) is 1. The molecule has 3 heteroatoms. The van der Waals surface area contributed by atoms with E-state index in [0.29, 0.717) is 6.54 Å². The van der Waals surface area contributed by atoms with Crippen LogP contribution >= 0.6 is 11.3 Å². The number of carbonyl (C=O) groups excluding carboxylic acids is 1. The highest BCUT2D eigenvalue weighted by molar-refractivity contribution is 7.08. The molecule has 0 aromatic carbocycles. The smallest absolute Gasteiger partial charge is 0.184 e. The summed E-state index contributed by atoms with van der Waals surface area (Å²) in [6, 6.07) is 0. The maximum Gasteiger partial charge on any atom is 0.184 e. The Labute approximate surface area is 56.5 Å². The monoisotopic (exact) mass is 139 g/mol. The summed E-state index contributed by atoms with van der Waals surface area (Å²) in [7, 11) is 0. The molecule has 1 N–H and O–H groups in total. The zero-order valence-corrected chi connectivity index (χ0v) is 5.49. The van der Waals surface area contributed by atoms with E-state index in [1.807, 2.05) is 10.8 Å². The van der Waals surface area contributed by atoms with Gasteiger partial charge in [0.05, 0.1) is 17.8 Å². The van der Waals surface area contributed by atoms with E-state index in [1.165, 1.54) is 0 Å². The van der Waals surface area contributed by atoms with Crippen LogP contribution in [0.5, 0.6) is 0 Å². The molecular formula is C6H5NOS. The molecule has 1 aliphatic heterocycles. The summed E-state index contributed by atoms with van der Waals surface area (Å²) < 4.78 is 0. The number of anilines is 1. The number of fused-ring (bicyclic) bond motifs is 1. The fourth-order valence-electron chi connectivity index (χ4n) is 0.921. The third-order valence-electron chi connectivity index (χ3n) is 1.40. The van der Waals surface area contributed by atoms with Gasteiger partial charge in [0.25, 0.3) is 0 Å². The second kappa shape index (κ2) is 1.57. The van der Waals surface area contributed by atoms with Gasteiger partial charge in [-0.3, -0.25) is 4.79 Å². The molecule has 9 heavy (non-hydrogen) atoms. The van der Waals surface area contributed by atoms with E-state index in [-0.39, 0.29) is 5.78 Å². The largest absolute Gasteiger partial charge is 0.376 e. The number of hydrogen-bond acceptors (Lipinski definition) is 3. The molecule has 0 radical (unpaired) electrons. The van der Waals surface area contributed by atoms with E-state index in [2.05, 4.69) is 5.32 Å². The fourth-order valence-corrected chi connectivity index (χ4v) is 1.73. The van der Waals surface area contributed by atoms with Crippen molar-refractivity contribution in [3.63, 3.8) is 0 Å². The van der Waals surface area contributed by atoms with Crippen molar-refractivity contribution in [2.75, 3.05) is 11.9 Å². The molecule has 0 fully saturated rings. The summed E-state index contributed by atoms with van der Waals surface area (Å²) in [5.74, 6) is 0.214. The molecule has 0 spiro atoms. The summed E-state index contributed by atoms with van der Waals surface area (Å²) >= 11 is 1.56. The first-order chi connectivity index (χ1) is 4.38. The zero-order chi connectivity index (χ0) is 6.27. The highest BCUT2D eigenvalue weighted by Crippen LogP contribution is 2.25. The van der Waals surface area contributed by atoms with Crippen molar-refractivity contribution < 1.29 is 4.79 Å². The lowest BCUT2D eigenvalue weighted by Crippen LogP contribution is -2.00. The maximum atomic E-state index is 10.9. The first-order valence-corrected chi connectivity index (χ1v) is 3.65. The number of Topliss-reactive ketones (excluding diaryl/α,β-unsaturated/α-hetero) is 1.